The van der Waals surface area contributed by atoms with E-state index in [0.29, 0.717) is 0 Å². The van der Waals surface area contributed by atoms with Gasteiger partial charge in [0.25, 0.3) is 0 Å². The summed E-state index contributed by atoms with van der Waals surface area (Å²) in [5.74, 6) is -0.250. The van der Waals surface area contributed by atoms with Crippen LogP contribution in [0.4, 0.5) is 0 Å². The molecule has 0 saturated heterocycles. The second kappa shape index (κ2) is 11.1. The van der Waals surface area contributed by atoms with Crippen LogP contribution in [0.2, 0.25) is 36.3 Å². The number of rotatable bonds is 12. The molecule has 34 heavy (non-hydrogen) atoms. The predicted molar refractivity (Wildman–Crippen MR) is 150 cm³/mol. The van der Waals surface area contributed by atoms with E-state index in [-0.39, 0.29) is 23.4 Å². The molecule has 1 aliphatic carbocycles. The van der Waals surface area contributed by atoms with Crippen molar-refractivity contribution in [1.29, 1.82) is 0 Å². The molecule has 0 spiro atoms. The van der Waals surface area contributed by atoms with Gasteiger partial charge in [-0.05, 0) is 0 Å². The van der Waals surface area contributed by atoms with Gasteiger partial charge < -0.3 is 0 Å². The molecule has 2 nitrogen and oxygen atoms in total. The average Bonchev–Trinajstić information content (AvgIpc) is 2.90. The van der Waals surface area contributed by atoms with E-state index in [1.54, 1.807) is 0 Å². The van der Waals surface area contributed by atoms with Gasteiger partial charge in [0.05, 0.1) is 28.0 Å². The lowest BCUT2D eigenvalue weighted by Gasteiger charge is -2.54. The summed E-state index contributed by atoms with van der Waals surface area (Å²) in [5, 5.41) is 2.97. The molecule has 0 saturated carbocycles. The first-order valence-electron chi connectivity index (χ1n) is 13.3. The Labute approximate surface area is 208 Å². The number of ketones is 2. The van der Waals surface area contributed by atoms with Crippen LogP contribution < -0.4 is 0 Å². The van der Waals surface area contributed by atoms with Crippen molar-refractivity contribution in [3.63, 3.8) is 0 Å². The summed E-state index contributed by atoms with van der Waals surface area (Å²) in [7, 11) is -3.72. The normalized spacial score (nSPS) is 18.5. The second-order valence-corrected chi connectivity index (χ2v) is 20.4. The van der Waals surface area contributed by atoms with Crippen molar-refractivity contribution in [3.8, 4) is 0 Å². The molecule has 0 N–H and O–H groups in total. The molecule has 2 unspecified atom stereocenters. The van der Waals surface area contributed by atoms with E-state index in [2.05, 4.69) is 41.5 Å². The van der Waals surface area contributed by atoms with Crippen LogP contribution in [0.5, 0.6) is 0 Å². The molecule has 0 aromatic heterocycles. The Bertz CT molecular complexity index is 918. The fourth-order valence-corrected chi connectivity index (χ4v) is 16.8. The largest absolute Gasteiger partial charge is 0.293 e. The van der Waals surface area contributed by atoms with Crippen molar-refractivity contribution in [2.45, 2.75) is 77.8 Å². The van der Waals surface area contributed by atoms with E-state index in [0.717, 1.165) is 47.4 Å². The molecule has 0 heterocycles. The van der Waals surface area contributed by atoms with E-state index < -0.39 is 16.1 Å². The van der Waals surface area contributed by atoms with Crippen LogP contribution >= 0.6 is 0 Å². The van der Waals surface area contributed by atoms with E-state index in [9.17, 15) is 9.59 Å². The molecule has 1 aliphatic rings. The van der Waals surface area contributed by atoms with Gasteiger partial charge in [0, 0.05) is 11.1 Å². The molecule has 3 rings (SSSR count). The molecule has 0 fully saturated rings. The van der Waals surface area contributed by atoms with Crippen LogP contribution in [0.25, 0.3) is 0 Å². The van der Waals surface area contributed by atoms with Crippen molar-refractivity contribution in [1.82, 2.24) is 0 Å². The van der Waals surface area contributed by atoms with E-state index in [4.69, 9.17) is 0 Å². The number of benzene rings is 2. The van der Waals surface area contributed by atoms with Gasteiger partial charge in [-0.3, -0.25) is 9.59 Å². The molecular formula is C30H42O2Si2. The quantitative estimate of drug-likeness (QED) is 0.221. The zero-order valence-electron chi connectivity index (χ0n) is 22.0. The summed E-state index contributed by atoms with van der Waals surface area (Å²) in [6, 6.07) is 26.3. The molecule has 0 aliphatic heterocycles. The lowest BCUT2D eigenvalue weighted by Crippen LogP contribution is -2.59. The number of allylic oxidation sites excluding steroid dienone is 2. The van der Waals surface area contributed by atoms with Gasteiger partial charge in [-0.25, -0.2) is 0 Å². The zero-order valence-corrected chi connectivity index (χ0v) is 24.0. The first-order valence-corrected chi connectivity index (χ1v) is 18.6. The first-order chi connectivity index (χ1) is 16.4. The molecule has 182 valence electrons. The van der Waals surface area contributed by atoms with Gasteiger partial charge in [-0.1, -0.05) is 149 Å². The van der Waals surface area contributed by atoms with E-state index in [1.165, 1.54) is 10.4 Å². The van der Waals surface area contributed by atoms with E-state index in [1.807, 2.05) is 60.7 Å². The molecule has 0 radical (unpaired) electrons. The highest BCUT2D eigenvalue weighted by Gasteiger charge is 2.58. The van der Waals surface area contributed by atoms with Crippen LogP contribution in [-0.2, 0) is 0 Å². The van der Waals surface area contributed by atoms with Crippen molar-refractivity contribution >= 4 is 27.7 Å². The van der Waals surface area contributed by atoms with Gasteiger partial charge >= 0.3 is 0 Å². The summed E-state index contributed by atoms with van der Waals surface area (Å²) in [6.45, 7) is 14.0. The Balaban J connectivity index is 2.34. The number of hydrogen-bond donors (Lipinski definition) is 0. The number of hydrogen-bond acceptors (Lipinski definition) is 2. The fraction of sp³-hybridized carbons (Fsp3) is 0.467. The number of carbonyl (C=O) groups excluding carboxylic acids is 2. The maximum absolute atomic E-state index is 14.2. The highest BCUT2D eigenvalue weighted by atomic mass is 28.3. The van der Waals surface area contributed by atoms with Crippen LogP contribution in [-0.4, -0.2) is 27.7 Å². The lowest BCUT2D eigenvalue weighted by molar-refractivity contribution is 0.0799. The topological polar surface area (TPSA) is 34.1 Å². The maximum atomic E-state index is 14.2. The third-order valence-electron chi connectivity index (χ3n) is 9.13. The molecule has 0 amide bonds. The predicted octanol–water partition coefficient (Wildman–Crippen LogP) is 8.39. The van der Waals surface area contributed by atoms with Crippen molar-refractivity contribution in [2.24, 2.45) is 11.8 Å². The fourth-order valence-electron chi connectivity index (χ4n) is 6.57. The first kappa shape index (κ1) is 26.6. The SMILES string of the molecule is CC[Si](CC)(CC)C1=C([Si](CC)(CC)CC)C(C(=O)c2ccccc2)C1C(=O)c1ccccc1. The summed E-state index contributed by atoms with van der Waals surface area (Å²) in [6.07, 6.45) is 0. The van der Waals surface area contributed by atoms with Crippen molar-refractivity contribution < 1.29 is 9.59 Å². The van der Waals surface area contributed by atoms with E-state index >= 15 is 0 Å². The Kier molecular flexibility index (Phi) is 8.69. The summed E-state index contributed by atoms with van der Waals surface area (Å²) in [5.41, 5.74) is 1.50. The molecular weight excluding hydrogens is 449 g/mol. The zero-order chi connectivity index (χ0) is 24.9. The molecule has 2 atom stereocenters. The molecule has 2 aromatic rings. The minimum Gasteiger partial charge on any atom is -0.293 e. The number of carbonyl (C=O) groups is 2. The Morgan fingerprint density at radius 1 is 0.529 bits per heavy atom. The second-order valence-electron chi connectivity index (χ2n) is 9.93. The van der Waals surface area contributed by atoms with Gasteiger partial charge in [0.15, 0.2) is 11.6 Å². The van der Waals surface area contributed by atoms with Crippen molar-refractivity contribution in [3.05, 3.63) is 82.2 Å². The summed E-state index contributed by atoms with van der Waals surface area (Å²) < 4.78 is 0. The van der Waals surface area contributed by atoms with Crippen LogP contribution in [0.15, 0.2) is 71.1 Å². The Morgan fingerprint density at radius 3 is 1.03 bits per heavy atom. The molecule has 0 bridgehead atoms. The lowest BCUT2D eigenvalue weighted by atomic mass is 9.72. The van der Waals surface area contributed by atoms with Crippen LogP contribution in [0, 0.1) is 11.8 Å². The van der Waals surface area contributed by atoms with Gasteiger partial charge in [-0.15, -0.1) is 0 Å². The summed E-state index contributed by atoms with van der Waals surface area (Å²) >= 11 is 0. The monoisotopic (exact) mass is 490 g/mol. The Hall–Kier alpha value is -2.05. The average molecular weight is 491 g/mol. The van der Waals surface area contributed by atoms with Gasteiger partial charge in [0.2, 0.25) is 0 Å². The molecule has 2 aromatic carbocycles. The van der Waals surface area contributed by atoms with Gasteiger partial charge in [0.1, 0.15) is 0 Å². The number of Topliss-reactive ketones (excluding diaryl/α,β-unsaturated/α-hetero) is 2. The van der Waals surface area contributed by atoms with Crippen LogP contribution in [0.1, 0.15) is 62.3 Å². The van der Waals surface area contributed by atoms with Crippen molar-refractivity contribution in [2.75, 3.05) is 0 Å². The minimum atomic E-state index is -1.86. The highest BCUT2D eigenvalue weighted by Crippen LogP contribution is 2.56. The minimum absolute atomic E-state index is 0.159. The smallest absolute Gasteiger partial charge is 0.170 e. The highest BCUT2D eigenvalue weighted by molar-refractivity contribution is 6.93. The third kappa shape index (κ3) is 4.35. The third-order valence-corrected chi connectivity index (χ3v) is 20.9. The molecule has 4 heteroatoms. The Morgan fingerprint density at radius 2 is 0.794 bits per heavy atom. The summed E-state index contributed by atoms with van der Waals surface area (Å²) in [4.78, 5) is 28.3. The van der Waals surface area contributed by atoms with Gasteiger partial charge in [-0.2, -0.15) is 0 Å². The van der Waals surface area contributed by atoms with Crippen LogP contribution in [0.3, 0.4) is 0 Å². The standard InChI is InChI=1S/C30H42O2Si2/c1-7-33(8-2,9-3)29-25(27(31)23-19-15-13-16-20-23)26(28(32)24-21-17-14-18-22-24)30(29)34(10-4,11-5)12-6/h13-22,25-26H,7-12H2,1-6H3. The maximum Gasteiger partial charge on any atom is 0.170 e.